The first-order valence-electron chi connectivity index (χ1n) is 9.10. The summed E-state index contributed by atoms with van der Waals surface area (Å²) in [5.74, 6) is -1.19. The van der Waals surface area contributed by atoms with Crippen molar-refractivity contribution in [1.82, 2.24) is 15.0 Å². The van der Waals surface area contributed by atoms with Crippen molar-refractivity contribution in [2.24, 2.45) is 0 Å². The molecule has 8 heteroatoms. The molecule has 0 saturated carbocycles. The molecule has 29 heavy (non-hydrogen) atoms. The highest BCUT2D eigenvalue weighted by atomic mass is 19.1. The van der Waals surface area contributed by atoms with Crippen molar-refractivity contribution >= 4 is 23.2 Å². The maximum Gasteiger partial charge on any atom is 0.278 e. The van der Waals surface area contributed by atoms with Crippen LogP contribution in [0.1, 0.15) is 32.9 Å². The second kappa shape index (κ2) is 8.22. The van der Waals surface area contributed by atoms with E-state index in [0.717, 1.165) is 16.8 Å². The Morgan fingerprint density at radius 2 is 1.69 bits per heavy atom. The first kappa shape index (κ1) is 20.2. The van der Waals surface area contributed by atoms with Crippen LogP contribution in [0.25, 0.3) is 0 Å². The van der Waals surface area contributed by atoms with Gasteiger partial charge >= 0.3 is 0 Å². The van der Waals surface area contributed by atoms with Crippen LogP contribution >= 0.6 is 0 Å². The van der Waals surface area contributed by atoms with E-state index < -0.39 is 17.6 Å². The molecule has 2 amide bonds. The molecule has 0 bridgehead atoms. The number of hydrogen-bond donors (Lipinski definition) is 2. The third kappa shape index (κ3) is 4.48. The molecular weight excluding hydrogens is 373 g/mol. The van der Waals surface area contributed by atoms with E-state index >= 15 is 0 Å². The number of aryl methyl sites for hydroxylation is 3. The molecule has 7 nitrogen and oxygen atoms in total. The molecule has 2 N–H and O–H groups in total. The van der Waals surface area contributed by atoms with E-state index in [2.05, 4.69) is 20.9 Å². The molecular formula is C21H22FN5O2. The van der Waals surface area contributed by atoms with Crippen LogP contribution in [0.5, 0.6) is 0 Å². The Hall–Kier alpha value is -3.55. The van der Waals surface area contributed by atoms with Crippen LogP contribution in [0.3, 0.4) is 0 Å². The van der Waals surface area contributed by atoms with Crippen molar-refractivity contribution in [1.29, 1.82) is 0 Å². The molecule has 0 spiro atoms. The van der Waals surface area contributed by atoms with Crippen molar-refractivity contribution in [3.63, 3.8) is 0 Å². The summed E-state index contributed by atoms with van der Waals surface area (Å²) in [6.45, 7) is 6.98. The number of amides is 2. The third-order valence-electron chi connectivity index (χ3n) is 4.67. The highest BCUT2D eigenvalue weighted by Crippen LogP contribution is 2.20. The fourth-order valence-corrected chi connectivity index (χ4v) is 2.91. The van der Waals surface area contributed by atoms with E-state index in [1.165, 1.54) is 10.7 Å². The van der Waals surface area contributed by atoms with Crippen LogP contribution in [0.4, 0.5) is 15.8 Å². The Morgan fingerprint density at radius 1 is 1.00 bits per heavy atom. The Kier molecular flexibility index (Phi) is 5.72. The van der Waals surface area contributed by atoms with Gasteiger partial charge in [0.1, 0.15) is 12.4 Å². The van der Waals surface area contributed by atoms with Gasteiger partial charge < -0.3 is 10.6 Å². The van der Waals surface area contributed by atoms with Gasteiger partial charge in [0.2, 0.25) is 5.91 Å². The van der Waals surface area contributed by atoms with E-state index in [1.54, 1.807) is 26.0 Å². The van der Waals surface area contributed by atoms with E-state index in [4.69, 9.17) is 0 Å². The molecule has 150 valence electrons. The van der Waals surface area contributed by atoms with Gasteiger partial charge in [0.25, 0.3) is 5.91 Å². The van der Waals surface area contributed by atoms with Gasteiger partial charge in [-0.25, -0.2) is 9.07 Å². The molecule has 0 aliphatic rings. The monoisotopic (exact) mass is 395 g/mol. The van der Waals surface area contributed by atoms with Gasteiger partial charge in [0, 0.05) is 11.4 Å². The largest absolute Gasteiger partial charge is 0.324 e. The van der Waals surface area contributed by atoms with Crippen LogP contribution in [-0.4, -0.2) is 26.8 Å². The number of hydrogen-bond acceptors (Lipinski definition) is 4. The molecule has 2 aromatic carbocycles. The van der Waals surface area contributed by atoms with Crippen molar-refractivity contribution in [2.45, 2.75) is 34.2 Å². The molecule has 3 aromatic rings. The summed E-state index contributed by atoms with van der Waals surface area (Å²) in [5.41, 5.74) is 4.05. The lowest BCUT2D eigenvalue weighted by Crippen LogP contribution is -2.21. The SMILES string of the molecule is Cc1ccc(NC(=O)Cn2nnc(C(=O)Nc3c(C)cccc3C)c2C)cc1F. The van der Waals surface area contributed by atoms with E-state index in [-0.39, 0.29) is 12.2 Å². The van der Waals surface area contributed by atoms with Gasteiger partial charge in [-0.3, -0.25) is 9.59 Å². The topological polar surface area (TPSA) is 88.9 Å². The molecule has 0 aliphatic carbocycles. The van der Waals surface area contributed by atoms with Crippen LogP contribution < -0.4 is 10.6 Å². The summed E-state index contributed by atoms with van der Waals surface area (Å²) in [6.07, 6.45) is 0. The van der Waals surface area contributed by atoms with Crippen LogP contribution in [0, 0.1) is 33.5 Å². The van der Waals surface area contributed by atoms with Gasteiger partial charge in [-0.05, 0) is 56.5 Å². The smallest absolute Gasteiger partial charge is 0.278 e. The molecule has 0 fully saturated rings. The number of anilines is 2. The number of rotatable bonds is 5. The second-order valence-corrected chi connectivity index (χ2v) is 6.91. The molecule has 0 aliphatic heterocycles. The highest BCUT2D eigenvalue weighted by Gasteiger charge is 2.19. The Morgan fingerprint density at radius 3 is 2.34 bits per heavy atom. The maximum absolute atomic E-state index is 13.6. The predicted molar refractivity (Wildman–Crippen MR) is 108 cm³/mol. The average molecular weight is 395 g/mol. The highest BCUT2D eigenvalue weighted by molar-refractivity contribution is 6.04. The van der Waals surface area contributed by atoms with Crippen molar-refractivity contribution in [3.05, 3.63) is 70.3 Å². The van der Waals surface area contributed by atoms with Crippen molar-refractivity contribution in [2.75, 3.05) is 10.6 Å². The van der Waals surface area contributed by atoms with Crippen molar-refractivity contribution in [3.8, 4) is 0 Å². The van der Waals surface area contributed by atoms with Gasteiger partial charge in [-0.15, -0.1) is 5.10 Å². The number of benzene rings is 2. The van der Waals surface area contributed by atoms with Crippen LogP contribution in [0.15, 0.2) is 36.4 Å². The number of halogens is 1. The Bertz CT molecular complexity index is 1070. The predicted octanol–water partition coefficient (Wildman–Crippen LogP) is 3.54. The Labute approximate surface area is 167 Å². The zero-order chi connectivity index (χ0) is 21.1. The molecule has 0 saturated heterocycles. The second-order valence-electron chi connectivity index (χ2n) is 6.91. The van der Waals surface area contributed by atoms with E-state index in [1.807, 2.05) is 32.0 Å². The minimum Gasteiger partial charge on any atom is -0.324 e. The molecule has 1 aromatic heterocycles. The zero-order valence-corrected chi connectivity index (χ0v) is 16.7. The summed E-state index contributed by atoms with van der Waals surface area (Å²) >= 11 is 0. The molecule has 1 heterocycles. The van der Waals surface area contributed by atoms with Gasteiger partial charge in [-0.2, -0.15) is 0 Å². The first-order chi connectivity index (χ1) is 13.8. The minimum atomic E-state index is -0.400. The number of carbonyl (C=O) groups excluding carboxylic acids is 2. The van der Waals surface area contributed by atoms with Gasteiger partial charge in [-0.1, -0.05) is 29.5 Å². The number of carbonyl (C=O) groups is 2. The van der Waals surface area contributed by atoms with E-state index in [9.17, 15) is 14.0 Å². The van der Waals surface area contributed by atoms with Gasteiger partial charge in [0.15, 0.2) is 5.69 Å². The molecule has 0 radical (unpaired) electrons. The summed E-state index contributed by atoms with van der Waals surface area (Å²) in [7, 11) is 0. The van der Waals surface area contributed by atoms with Crippen LogP contribution in [0.2, 0.25) is 0 Å². The average Bonchev–Trinajstić information content (AvgIpc) is 3.02. The quantitative estimate of drug-likeness (QED) is 0.692. The molecule has 0 atom stereocenters. The number of para-hydroxylation sites is 1. The summed E-state index contributed by atoms with van der Waals surface area (Å²) in [5, 5.41) is 13.3. The number of nitrogens with zero attached hydrogens (tertiary/aromatic N) is 3. The number of aromatic nitrogens is 3. The lowest BCUT2D eigenvalue weighted by Gasteiger charge is -2.10. The maximum atomic E-state index is 13.6. The van der Waals surface area contributed by atoms with E-state index in [0.29, 0.717) is 16.9 Å². The standard InChI is InChI=1S/C21H22FN5O2/c1-12-8-9-16(10-17(12)22)23-18(28)11-27-15(4)20(25-26-27)21(29)24-19-13(2)6-5-7-14(19)3/h5-10H,11H2,1-4H3,(H,23,28)(H,24,29). The first-order valence-corrected chi connectivity index (χ1v) is 9.10. The molecule has 3 rings (SSSR count). The summed E-state index contributed by atoms with van der Waals surface area (Å²) in [6, 6.07) is 10.2. The fraction of sp³-hybridized carbons (Fsp3) is 0.238. The lowest BCUT2D eigenvalue weighted by atomic mass is 10.1. The Balaban J connectivity index is 1.70. The summed E-state index contributed by atoms with van der Waals surface area (Å²) < 4.78 is 15.0. The third-order valence-corrected chi connectivity index (χ3v) is 4.67. The fourth-order valence-electron chi connectivity index (χ4n) is 2.91. The van der Waals surface area contributed by atoms with Crippen molar-refractivity contribution < 1.29 is 14.0 Å². The minimum absolute atomic E-state index is 0.141. The van der Waals surface area contributed by atoms with Crippen LogP contribution in [-0.2, 0) is 11.3 Å². The summed E-state index contributed by atoms with van der Waals surface area (Å²) in [4.78, 5) is 24.9. The number of nitrogens with one attached hydrogen (secondary N) is 2. The normalized spacial score (nSPS) is 10.7. The zero-order valence-electron chi connectivity index (χ0n) is 16.7. The molecule has 0 unspecified atom stereocenters. The lowest BCUT2D eigenvalue weighted by molar-refractivity contribution is -0.117. The van der Waals surface area contributed by atoms with Gasteiger partial charge in [0.05, 0.1) is 5.69 Å².